The second kappa shape index (κ2) is 10.2. The molecule has 1 aromatic heterocycles. The SMILES string of the molecule is COC(OC)C(CNC(=O)c1cc2cc(O)cc(N=O)c2[nH]1)SCc1ccccc1. The number of nitrogens with one attached hydrogen (secondary N) is 2. The van der Waals surface area contributed by atoms with Crippen LogP contribution in [0.15, 0.2) is 53.7 Å². The predicted octanol–water partition coefficient (Wildman–Crippen LogP) is 3.92. The number of carbonyl (C=O) groups excluding carboxylic acids is 1. The van der Waals surface area contributed by atoms with E-state index in [0.717, 1.165) is 11.3 Å². The summed E-state index contributed by atoms with van der Waals surface area (Å²) in [4.78, 5) is 26.6. The van der Waals surface area contributed by atoms with Crippen LogP contribution >= 0.6 is 11.8 Å². The van der Waals surface area contributed by atoms with Gasteiger partial charge >= 0.3 is 0 Å². The number of benzene rings is 2. The molecule has 1 amide bonds. The summed E-state index contributed by atoms with van der Waals surface area (Å²) in [5.41, 5.74) is 1.86. The van der Waals surface area contributed by atoms with Gasteiger partial charge in [0.15, 0.2) is 6.29 Å². The van der Waals surface area contributed by atoms with Crippen LogP contribution in [0.2, 0.25) is 0 Å². The standard InChI is InChI=1S/C21H23N3O5S/c1-28-21(29-2)18(30-12-13-6-4-3-5-7-13)11-22-20(26)17-9-14-8-15(25)10-16(24-27)19(14)23-17/h3-10,18,21,23,25H,11-12H2,1-2H3,(H,22,26). The Morgan fingerprint density at radius 1 is 1.20 bits per heavy atom. The zero-order chi connectivity index (χ0) is 21.5. The first-order chi connectivity index (χ1) is 14.5. The summed E-state index contributed by atoms with van der Waals surface area (Å²) in [5, 5.41) is 15.8. The Balaban J connectivity index is 1.70. The van der Waals surface area contributed by atoms with Gasteiger partial charge in [-0.25, -0.2) is 0 Å². The maximum absolute atomic E-state index is 12.7. The lowest BCUT2D eigenvalue weighted by Gasteiger charge is -2.24. The third kappa shape index (κ3) is 5.18. The molecule has 0 fully saturated rings. The molecular weight excluding hydrogens is 406 g/mol. The smallest absolute Gasteiger partial charge is 0.267 e. The lowest BCUT2D eigenvalue weighted by Crippen LogP contribution is -2.39. The summed E-state index contributed by atoms with van der Waals surface area (Å²) < 4.78 is 10.8. The van der Waals surface area contributed by atoms with E-state index >= 15 is 0 Å². The molecule has 8 nitrogen and oxygen atoms in total. The van der Waals surface area contributed by atoms with Crippen LogP contribution in [0.3, 0.4) is 0 Å². The summed E-state index contributed by atoms with van der Waals surface area (Å²) in [6, 6.07) is 14.3. The molecule has 0 bridgehead atoms. The number of hydrogen-bond donors (Lipinski definition) is 3. The fraction of sp³-hybridized carbons (Fsp3) is 0.286. The van der Waals surface area contributed by atoms with Crippen molar-refractivity contribution >= 4 is 34.3 Å². The average Bonchev–Trinajstić information content (AvgIpc) is 3.19. The minimum Gasteiger partial charge on any atom is -0.508 e. The number of phenols is 1. The van der Waals surface area contributed by atoms with Crippen LogP contribution in [0.25, 0.3) is 10.9 Å². The van der Waals surface area contributed by atoms with Crippen LogP contribution < -0.4 is 5.32 Å². The largest absolute Gasteiger partial charge is 0.508 e. The number of hydrogen-bond acceptors (Lipinski definition) is 7. The number of nitroso groups, excluding NO2 is 1. The number of aromatic amines is 1. The van der Waals surface area contributed by atoms with Gasteiger partial charge in [-0.3, -0.25) is 4.79 Å². The summed E-state index contributed by atoms with van der Waals surface area (Å²) in [6.45, 7) is 0.308. The summed E-state index contributed by atoms with van der Waals surface area (Å²) >= 11 is 1.62. The van der Waals surface area contributed by atoms with Gasteiger partial charge in [0, 0.05) is 38.0 Å². The van der Waals surface area contributed by atoms with Crippen molar-refractivity contribution in [3.8, 4) is 5.75 Å². The molecule has 1 unspecified atom stereocenters. The lowest BCUT2D eigenvalue weighted by atomic mass is 10.2. The van der Waals surface area contributed by atoms with E-state index in [0.29, 0.717) is 17.4 Å². The molecule has 2 aromatic carbocycles. The van der Waals surface area contributed by atoms with Gasteiger partial charge in [-0.05, 0) is 22.9 Å². The second-order valence-corrected chi connectivity index (χ2v) is 7.82. The molecule has 0 saturated carbocycles. The van der Waals surface area contributed by atoms with Crippen molar-refractivity contribution in [3.05, 3.63) is 64.7 Å². The fourth-order valence-electron chi connectivity index (χ4n) is 3.10. The van der Waals surface area contributed by atoms with E-state index in [2.05, 4.69) is 15.5 Å². The third-order valence-corrected chi connectivity index (χ3v) is 5.89. The lowest BCUT2D eigenvalue weighted by molar-refractivity contribution is -0.101. The molecule has 3 N–H and O–H groups in total. The van der Waals surface area contributed by atoms with E-state index < -0.39 is 6.29 Å². The molecule has 3 rings (SSSR count). The number of fused-ring (bicyclic) bond motifs is 1. The first kappa shape index (κ1) is 21.8. The molecule has 0 aliphatic rings. The number of rotatable bonds is 10. The molecule has 0 radical (unpaired) electrons. The highest BCUT2D eigenvalue weighted by atomic mass is 32.2. The number of nitrogens with zero attached hydrogens (tertiary/aromatic N) is 1. The normalized spacial score (nSPS) is 12.2. The number of aromatic nitrogens is 1. The van der Waals surface area contributed by atoms with E-state index in [9.17, 15) is 14.8 Å². The van der Waals surface area contributed by atoms with Crippen molar-refractivity contribution in [2.45, 2.75) is 17.3 Å². The van der Waals surface area contributed by atoms with E-state index in [4.69, 9.17) is 9.47 Å². The number of aromatic hydroxyl groups is 1. The minimum absolute atomic E-state index is 0.0409. The number of phenolic OH excluding ortho intramolecular Hbond substituents is 1. The number of thioether (sulfide) groups is 1. The van der Waals surface area contributed by atoms with Gasteiger partial charge in [0.05, 0.1) is 10.8 Å². The molecule has 9 heteroatoms. The van der Waals surface area contributed by atoms with Crippen molar-refractivity contribution in [2.24, 2.45) is 5.18 Å². The van der Waals surface area contributed by atoms with Gasteiger partial charge in [-0.15, -0.1) is 16.7 Å². The number of carbonyl (C=O) groups is 1. The summed E-state index contributed by atoms with van der Waals surface area (Å²) in [6.07, 6.45) is -0.496. The Hall–Kier alpha value is -2.88. The highest BCUT2D eigenvalue weighted by Gasteiger charge is 2.23. The van der Waals surface area contributed by atoms with E-state index in [1.807, 2.05) is 30.3 Å². The number of ether oxygens (including phenoxy) is 2. The van der Waals surface area contributed by atoms with Gasteiger partial charge in [0.2, 0.25) is 0 Å². The number of methoxy groups -OCH3 is 2. The topological polar surface area (TPSA) is 113 Å². The van der Waals surface area contributed by atoms with Crippen LogP contribution in [-0.4, -0.2) is 48.3 Å². The monoisotopic (exact) mass is 429 g/mol. The predicted molar refractivity (Wildman–Crippen MR) is 117 cm³/mol. The molecule has 0 aliphatic heterocycles. The van der Waals surface area contributed by atoms with Crippen molar-refractivity contribution in [1.29, 1.82) is 0 Å². The molecule has 0 aliphatic carbocycles. The van der Waals surface area contributed by atoms with Gasteiger partial charge in [-0.2, -0.15) is 0 Å². The number of amides is 1. The Labute approximate surface area is 177 Å². The Morgan fingerprint density at radius 3 is 2.60 bits per heavy atom. The van der Waals surface area contributed by atoms with Gasteiger partial charge < -0.3 is 24.9 Å². The minimum atomic E-state index is -0.496. The van der Waals surface area contributed by atoms with E-state index in [1.54, 1.807) is 32.0 Å². The van der Waals surface area contributed by atoms with E-state index in [-0.39, 0.29) is 28.3 Å². The molecule has 0 saturated heterocycles. The van der Waals surface area contributed by atoms with Crippen LogP contribution in [0.1, 0.15) is 16.1 Å². The molecule has 30 heavy (non-hydrogen) atoms. The molecule has 0 spiro atoms. The fourth-order valence-corrected chi connectivity index (χ4v) is 4.28. The molecule has 158 valence electrons. The number of H-pyrrole nitrogens is 1. The Kier molecular flexibility index (Phi) is 7.45. The maximum atomic E-state index is 12.7. The highest BCUT2D eigenvalue weighted by Crippen LogP contribution is 2.31. The second-order valence-electron chi connectivity index (χ2n) is 6.59. The third-order valence-electron chi connectivity index (χ3n) is 4.57. The van der Waals surface area contributed by atoms with Gasteiger partial charge in [-0.1, -0.05) is 30.3 Å². The van der Waals surface area contributed by atoms with Crippen molar-refractivity contribution in [3.63, 3.8) is 0 Å². The first-order valence-electron chi connectivity index (χ1n) is 9.24. The zero-order valence-electron chi connectivity index (χ0n) is 16.6. The van der Waals surface area contributed by atoms with E-state index in [1.165, 1.54) is 12.1 Å². The maximum Gasteiger partial charge on any atom is 0.267 e. The van der Waals surface area contributed by atoms with Crippen molar-refractivity contribution in [1.82, 2.24) is 10.3 Å². The van der Waals surface area contributed by atoms with Crippen LogP contribution in [0.5, 0.6) is 5.75 Å². The van der Waals surface area contributed by atoms with Crippen molar-refractivity contribution in [2.75, 3.05) is 20.8 Å². The van der Waals surface area contributed by atoms with Crippen LogP contribution in [0.4, 0.5) is 5.69 Å². The molecule has 1 heterocycles. The average molecular weight is 429 g/mol. The van der Waals surface area contributed by atoms with Gasteiger partial charge in [0.25, 0.3) is 5.91 Å². The summed E-state index contributed by atoms with van der Waals surface area (Å²) in [5.74, 6) is 0.298. The quantitative estimate of drug-likeness (QED) is 0.333. The highest BCUT2D eigenvalue weighted by molar-refractivity contribution is 7.99. The van der Waals surface area contributed by atoms with Crippen molar-refractivity contribution < 1.29 is 19.4 Å². The summed E-state index contributed by atoms with van der Waals surface area (Å²) in [7, 11) is 3.12. The molecular formula is C21H23N3O5S. The van der Waals surface area contributed by atoms with Crippen LogP contribution in [-0.2, 0) is 15.2 Å². The molecule has 3 aromatic rings. The Bertz CT molecular complexity index is 1000. The zero-order valence-corrected chi connectivity index (χ0v) is 17.4. The molecule has 1 atom stereocenters. The van der Waals surface area contributed by atoms with Gasteiger partial charge in [0.1, 0.15) is 17.1 Å². The van der Waals surface area contributed by atoms with Crippen LogP contribution in [0, 0.1) is 4.91 Å². The Morgan fingerprint density at radius 2 is 1.93 bits per heavy atom. The first-order valence-corrected chi connectivity index (χ1v) is 10.3.